The molecule has 0 radical (unpaired) electrons. The number of Topliss-reactive ketones (excluding diaryl/α,β-unsaturated/α-hetero) is 2. The van der Waals surface area contributed by atoms with Crippen molar-refractivity contribution in [3.05, 3.63) is 0 Å². The first-order valence-electron chi connectivity index (χ1n) is 9.60. The number of fused-ring (bicyclic) bond motifs is 2. The molecule has 1 saturated heterocycles. The number of ketones is 2. The second-order valence-electron chi connectivity index (χ2n) is 8.59. The molecule has 7 heteroatoms. The monoisotopic (exact) mass is 404 g/mol. The van der Waals surface area contributed by atoms with E-state index >= 15 is 0 Å². The van der Waals surface area contributed by atoms with Crippen molar-refractivity contribution < 1.29 is 22.6 Å². The van der Waals surface area contributed by atoms with Crippen LogP contribution in [0.1, 0.15) is 66.2 Å². The van der Waals surface area contributed by atoms with Crippen LogP contribution in [-0.2, 0) is 30.6 Å². The summed E-state index contributed by atoms with van der Waals surface area (Å²) in [5.41, 5.74) is -0.994. The van der Waals surface area contributed by atoms with Crippen LogP contribution in [0.15, 0.2) is 0 Å². The molecule has 3 rings (SSSR count). The molecular weight excluding hydrogens is 372 g/mol. The van der Waals surface area contributed by atoms with E-state index in [2.05, 4.69) is 0 Å². The molecule has 0 aromatic carbocycles. The molecule has 0 spiro atoms. The van der Waals surface area contributed by atoms with Gasteiger partial charge in [0.25, 0.3) is 0 Å². The van der Waals surface area contributed by atoms with Gasteiger partial charge >= 0.3 is 0 Å². The lowest BCUT2D eigenvalue weighted by atomic mass is 9.70. The third-order valence-corrected chi connectivity index (χ3v) is 10.5. The first-order chi connectivity index (χ1) is 11.9. The first-order valence-corrected chi connectivity index (χ1v) is 12.8. The summed E-state index contributed by atoms with van der Waals surface area (Å²) in [5, 5.41) is -1.30. The highest BCUT2D eigenvalue weighted by Gasteiger charge is 2.67. The minimum Gasteiger partial charge on any atom is -0.747 e. The fourth-order valence-corrected chi connectivity index (χ4v) is 8.48. The van der Waals surface area contributed by atoms with Gasteiger partial charge in [0.05, 0.1) is 0 Å². The van der Waals surface area contributed by atoms with Crippen LogP contribution in [-0.4, -0.2) is 47.0 Å². The lowest BCUT2D eigenvalue weighted by molar-refractivity contribution is -0.128. The zero-order valence-corrected chi connectivity index (χ0v) is 18.0. The fourth-order valence-electron chi connectivity index (χ4n) is 4.70. The van der Waals surface area contributed by atoms with E-state index in [4.69, 9.17) is 0 Å². The first kappa shape index (κ1) is 21.9. The van der Waals surface area contributed by atoms with Crippen LogP contribution in [0.5, 0.6) is 0 Å². The van der Waals surface area contributed by atoms with Gasteiger partial charge in [-0.3, -0.25) is 9.59 Å². The molecule has 2 aliphatic carbocycles. The summed E-state index contributed by atoms with van der Waals surface area (Å²) < 4.78 is 33.3. The number of carbonyl (C=O) groups excluding carboxylic acids is 2. The zero-order chi connectivity index (χ0) is 19.8. The lowest BCUT2D eigenvalue weighted by Gasteiger charge is -2.32. The van der Waals surface area contributed by atoms with Crippen LogP contribution < -0.4 is 0 Å². The van der Waals surface area contributed by atoms with Crippen molar-refractivity contribution in [2.45, 2.75) is 71.5 Å². The number of hydrogen-bond donors (Lipinski definition) is 0. The van der Waals surface area contributed by atoms with Gasteiger partial charge in [-0.15, -0.1) is 0 Å². The molecule has 0 aromatic rings. The summed E-state index contributed by atoms with van der Waals surface area (Å²) in [6.07, 6.45) is 6.23. The molecule has 1 heterocycles. The van der Waals surface area contributed by atoms with E-state index < -0.39 is 20.8 Å². The highest BCUT2D eigenvalue weighted by Crippen LogP contribution is 2.64. The van der Waals surface area contributed by atoms with Crippen LogP contribution >= 0.6 is 0 Å². The molecule has 3 fully saturated rings. The maximum Gasteiger partial charge on any atom is 0.181 e. The topological polar surface area (TPSA) is 91.3 Å². The number of hydrogen-bond acceptors (Lipinski definition) is 5. The molecule has 2 bridgehead atoms. The average Bonchev–Trinajstić information content (AvgIpc) is 2.87. The summed E-state index contributed by atoms with van der Waals surface area (Å²) >= 11 is 0. The van der Waals surface area contributed by atoms with Crippen LogP contribution in [0.4, 0.5) is 0 Å². The van der Waals surface area contributed by atoms with Gasteiger partial charge in [-0.1, -0.05) is 27.7 Å². The minimum atomic E-state index is -4.49. The van der Waals surface area contributed by atoms with Crippen molar-refractivity contribution in [3.63, 3.8) is 0 Å². The van der Waals surface area contributed by atoms with Gasteiger partial charge in [0.15, 0.2) is 17.3 Å². The van der Waals surface area contributed by atoms with Gasteiger partial charge in [0.2, 0.25) is 0 Å². The Morgan fingerprint density at radius 2 is 1.77 bits per heavy atom. The Bertz CT molecular complexity index is 649. The Morgan fingerprint density at radius 3 is 2.15 bits per heavy atom. The summed E-state index contributed by atoms with van der Waals surface area (Å²) in [7, 11) is -4.02. The van der Waals surface area contributed by atoms with E-state index in [0.717, 1.165) is 12.2 Å². The molecule has 3 aliphatic rings. The Labute approximate surface area is 160 Å². The van der Waals surface area contributed by atoms with Gasteiger partial charge in [-0.2, -0.15) is 0 Å². The normalized spacial score (nSPS) is 33.7. The van der Waals surface area contributed by atoms with Gasteiger partial charge in [-0.25, -0.2) is 8.42 Å². The molecule has 3 atom stereocenters. The maximum atomic E-state index is 12.0. The van der Waals surface area contributed by atoms with Gasteiger partial charge in [0, 0.05) is 11.8 Å². The summed E-state index contributed by atoms with van der Waals surface area (Å²) in [6, 6.07) is 0. The molecule has 0 N–H and O–H groups in total. The van der Waals surface area contributed by atoms with Crippen LogP contribution in [0.3, 0.4) is 0 Å². The molecule has 1 aliphatic heterocycles. The maximum absolute atomic E-state index is 12.0. The van der Waals surface area contributed by atoms with Crippen LogP contribution in [0.2, 0.25) is 0 Å². The molecule has 0 amide bonds. The molecule has 2 saturated carbocycles. The number of rotatable bonds is 4. The number of carbonyl (C=O) groups is 2. The van der Waals surface area contributed by atoms with E-state index in [1.807, 2.05) is 20.8 Å². The van der Waals surface area contributed by atoms with E-state index in [0.29, 0.717) is 29.5 Å². The second-order valence-corrected chi connectivity index (χ2v) is 12.4. The Balaban J connectivity index is 0.000000197. The highest BCUT2D eigenvalue weighted by molar-refractivity contribution is 7.97. The smallest absolute Gasteiger partial charge is 0.181 e. The summed E-state index contributed by atoms with van der Waals surface area (Å²) in [5.74, 6) is 3.35. The lowest BCUT2D eigenvalue weighted by Crippen LogP contribution is -2.38. The molecule has 3 unspecified atom stereocenters. The predicted molar refractivity (Wildman–Crippen MR) is 104 cm³/mol. The van der Waals surface area contributed by atoms with Crippen LogP contribution in [0, 0.1) is 16.7 Å². The molecule has 150 valence electrons. The van der Waals surface area contributed by atoms with Crippen molar-refractivity contribution >= 4 is 32.6 Å². The standard InChI is InChI=1S/C10H16O4S.C9H17OS/c1-9(2)6-4-5-10(9,3)8(11)7(6)15(12,13)14;1-2-9(10)8-11-6-4-3-5-7-11/h6-7H,4-5H2,1-3H3,(H,12,13,14);2-8H2,1H3/q;+1/p-1. The third kappa shape index (κ3) is 4.04. The predicted octanol–water partition coefficient (Wildman–Crippen LogP) is 2.69. The Hall–Kier alpha value is -0.400. The quantitative estimate of drug-likeness (QED) is 0.531. The average molecular weight is 405 g/mol. The van der Waals surface area contributed by atoms with Crippen molar-refractivity contribution in [3.8, 4) is 0 Å². The zero-order valence-electron chi connectivity index (χ0n) is 16.4. The van der Waals surface area contributed by atoms with Crippen molar-refractivity contribution in [2.75, 3.05) is 17.3 Å². The van der Waals surface area contributed by atoms with E-state index in [-0.39, 0.29) is 17.1 Å². The van der Waals surface area contributed by atoms with Crippen molar-refractivity contribution in [1.29, 1.82) is 0 Å². The Morgan fingerprint density at radius 1 is 1.19 bits per heavy atom. The second kappa shape index (κ2) is 7.92. The van der Waals surface area contributed by atoms with E-state index in [1.54, 1.807) is 6.92 Å². The molecule has 5 nitrogen and oxygen atoms in total. The minimum absolute atomic E-state index is 0.294. The van der Waals surface area contributed by atoms with Gasteiger partial charge < -0.3 is 4.55 Å². The fraction of sp³-hybridized carbons (Fsp3) is 0.895. The van der Waals surface area contributed by atoms with Crippen molar-refractivity contribution in [2.24, 2.45) is 16.7 Å². The third-order valence-electron chi connectivity index (χ3n) is 6.91. The summed E-state index contributed by atoms with van der Waals surface area (Å²) in [4.78, 5) is 23.1. The van der Waals surface area contributed by atoms with Crippen LogP contribution in [0.25, 0.3) is 0 Å². The SMILES string of the molecule is CC12CCC(C(S(=O)(=O)[O-])C1=O)C2(C)C.CCC(=O)C[S+]1CCCCC1. The molecule has 0 aromatic heterocycles. The van der Waals surface area contributed by atoms with Crippen molar-refractivity contribution in [1.82, 2.24) is 0 Å². The highest BCUT2D eigenvalue weighted by atomic mass is 32.2. The molecular formula is C19H32O5S2. The van der Waals surface area contributed by atoms with E-state index in [9.17, 15) is 22.6 Å². The molecule has 26 heavy (non-hydrogen) atoms. The Kier molecular flexibility index (Phi) is 6.67. The van der Waals surface area contributed by atoms with Gasteiger partial charge in [0.1, 0.15) is 26.9 Å². The van der Waals surface area contributed by atoms with E-state index in [1.165, 1.54) is 30.8 Å². The van der Waals surface area contributed by atoms with Gasteiger partial charge in [-0.05, 0) is 54.3 Å². The summed E-state index contributed by atoms with van der Waals surface area (Å²) in [6.45, 7) is 7.55. The largest absolute Gasteiger partial charge is 0.747 e.